The van der Waals surface area contributed by atoms with Crippen molar-refractivity contribution in [2.45, 2.75) is 18.7 Å². The minimum atomic E-state index is -3.68. The largest absolute Gasteiger partial charge is 0.276 e. The summed E-state index contributed by atoms with van der Waals surface area (Å²) in [6.07, 6.45) is 3.26. The fraction of sp³-hybridized carbons (Fsp3) is 0.118. The van der Waals surface area contributed by atoms with Crippen LogP contribution in [0, 0.1) is 13.8 Å². The van der Waals surface area contributed by atoms with Crippen molar-refractivity contribution in [3.63, 3.8) is 0 Å². The van der Waals surface area contributed by atoms with Crippen LogP contribution in [0.25, 0.3) is 6.08 Å². The number of hydrazone groups is 1. The Bertz CT molecular complexity index is 844. The molecule has 120 valence electrons. The van der Waals surface area contributed by atoms with Gasteiger partial charge >= 0.3 is 0 Å². The molecule has 0 aliphatic heterocycles. The average molecular weight is 393 g/mol. The number of aryl methyl sites for hydroxylation is 2. The van der Waals surface area contributed by atoms with E-state index in [1.165, 1.54) is 6.21 Å². The lowest BCUT2D eigenvalue weighted by Gasteiger charge is -2.07. The van der Waals surface area contributed by atoms with Gasteiger partial charge in [-0.1, -0.05) is 42.5 Å². The molecule has 0 aliphatic rings. The number of rotatable bonds is 5. The van der Waals surface area contributed by atoms with E-state index in [-0.39, 0.29) is 4.90 Å². The van der Waals surface area contributed by atoms with Crippen LogP contribution in [0.3, 0.4) is 0 Å². The topological polar surface area (TPSA) is 58.5 Å². The van der Waals surface area contributed by atoms with Gasteiger partial charge < -0.3 is 0 Å². The maximum Gasteiger partial charge on any atom is 0.276 e. The maximum atomic E-state index is 12.3. The zero-order valence-electron chi connectivity index (χ0n) is 12.8. The molecule has 0 saturated heterocycles. The second-order valence-electron chi connectivity index (χ2n) is 5.06. The molecule has 2 rings (SSSR count). The van der Waals surface area contributed by atoms with Crippen molar-refractivity contribution < 1.29 is 8.42 Å². The summed E-state index contributed by atoms with van der Waals surface area (Å²) in [6, 6.07) is 14.9. The molecular weight excluding hydrogens is 376 g/mol. The molecule has 0 radical (unpaired) electrons. The molecule has 1 N–H and O–H groups in total. The first-order valence-electron chi connectivity index (χ1n) is 6.93. The monoisotopic (exact) mass is 392 g/mol. The van der Waals surface area contributed by atoms with Crippen LogP contribution in [0.2, 0.25) is 0 Å². The van der Waals surface area contributed by atoms with E-state index < -0.39 is 10.0 Å². The molecule has 0 saturated carbocycles. The molecular formula is C17H17BrN2O2S. The van der Waals surface area contributed by atoms with Crippen LogP contribution in [-0.4, -0.2) is 14.6 Å². The summed E-state index contributed by atoms with van der Waals surface area (Å²) in [5.41, 5.74) is 2.55. The summed E-state index contributed by atoms with van der Waals surface area (Å²) in [7, 11) is -3.68. The van der Waals surface area contributed by atoms with E-state index in [0.29, 0.717) is 10.0 Å². The quantitative estimate of drug-likeness (QED) is 0.617. The highest BCUT2D eigenvalue weighted by Crippen LogP contribution is 2.16. The zero-order chi connectivity index (χ0) is 16.9. The van der Waals surface area contributed by atoms with Gasteiger partial charge in [0, 0.05) is 4.48 Å². The molecule has 4 nitrogen and oxygen atoms in total. The lowest BCUT2D eigenvalue weighted by atomic mass is 10.2. The van der Waals surface area contributed by atoms with Gasteiger partial charge in [0.1, 0.15) is 0 Å². The number of nitrogens with zero attached hydrogens (tertiary/aromatic N) is 1. The molecule has 2 aromatic carbocycles. The number of hydrogen-bond donors (Lipinski definition) is 1. The van der Waals surface area contributed by atoms with Crippen molar-refractivity contribution in [2.75, 3.05) is 0 Å². The molecule has 0 bridgehead atoms. The minimum absolute atomic E-state index is 0.234. The summed E-state index contributed by atoms with van der Waals surface area (Å²) >= 11 is 3.34. The lowest BCUT2D eigenvalue weighted by Crippen LogP contribution is -2.19. The summed E-state index contributed by atoms with van der Waals surface area (Å²) < 4.78 is 25.2. The van der Waals surface area contributed by atoms with E-state index in [1.807, 2.05) is 49.4 Å². The molecule has 0 unspecified atom stereocenters. The molecule has 0 fully saturated rings. The predicted octanol–water partition coefficient (Wildman–Crippen LogP) is 4.00. The van der Waals surface area contributed by atoms with Gasteiger partial charge in [-0.2, -0.15) is 13.5 Å². The zero-order valence-corrected chi connectivity index (χ0v) is 15.2. The summed E-state index contributed by atoms with van der Waals surface area (Å²) in [5, 5.41) is 3.81. The smallest absolute Gasteiger partial charge is 0.200 e. The van der Waals surface area contributed by atoms with E-state index in [0.717, 1.165) is 11.1 Å². The van der Waals surface area contributed by atoms with Gasteiger partial charge in [0.2, 0.25) is 0 Å². The van der Waals surface area contributed by atoms with Crippen LogP contribution in [-0.2, 0) is 10.0 Å². The van der Waals surface area contributed by atoms with E-state index >= 15 is 0 Å². The third-order valence-corrected chi connectivity index (χ3v) is 4.90. The van der Waals surface area contributed by atoms with E-state index in [1.54, 1.807) is 19.1 Å². The van der Waals surface area contributed by atoms with Crippen molar-refractivity contribution in [1.82, 2.24) is 4.83 Å². The van der Waals surface area contributed by atoms with Crippen LogP contribution in [0.1, 0.15) is 16.7 Å². The van der Waals surface area contributed by atoms with Gasteiger partial charge in [-0.05, 0) is 58.6 Å². The molecule has 6 heteroatoms. The highest BCUT2D eigenvalue weighted by molar-refractivity contribution is 9.12. The fourth-order valence-corrected chi connectivity index (χ4v) is 3.44. The Morgan fingerprint density at radius 2 is 1.83 bits per heavy atom. The van der Waals surface area contributed by atoms with Gasteiger partial charge in [0.05, 0.1) is 11.1 Å². The Hall–Kier alpha value is -1.92. The van der Waals surface area contributed by atoms with Gasteiger partial charge in [-0.25, -0.2) is 4.83 Å². The standard InChI is InChI=1S/C17H17BrN2O2S/c1-13-8-9-14(2)17(10-13)23(21,22)20-19-12-16(18)11-15-6-4-3-5-7-15/h3-12,20H,1-2H3/b16-11-,19-12-. The van der Waals surface area contributed by atoms with Crippen molar-refractivity contribution in [1.29, 1.82) is 0 Å². The Labute approximate surface area is 145 Å². The Balaban J connectivity index is 2.13. The summed E-state index contributed by atoms with van der Waals surface area (Å²) in [5.74, 6) is 0. The van der Waals surface area contributed by atoms with Crippen molar-refractivity contribution in [3.05, 3.63) is 69.7 Å². The molecule has 23 heavy (non-hydrogen) atoms. The normalized spacial score (nSPS) is 12.6. The van der Waals surface area contributed by atoms with Gasteiger partial charge in [0.15, 0.2) is 0 Å². The van der Waals surface area contributed by atoms with Crippen LogP contribution < -0.4 is 4.83 Å². The third-order valence-electron chi connectivity index (χ3n) is 3.10. The van der Waals surface area contributed by atoms with Gasteiger partial charge in [-0.3, -0.25) is 0 Å². The Morgan fingerprint density at radius 1 is 1.13 bits per heavy atom. The molecule has 0 heterocycles. The number of allylic oxidation sites excluding steroid dienone is 1. The van der Waals surface area contributed by atoms with Crippen molar-refractivity contribution >= 4 is 38.2 Å². The molecule has 0 aliphatic carbocycles. The molecule has 2 aromatic rings. The number of nitrogens with one attached hydrogen (secondary N) is 1. The highest BCUT2D eigenvalue weighted by Gasteiger charge is 2.15. The number of halogens is 1. The van der Waals surface area contributed by atoms with Gasteiger partial charge in [-0.15, -0.1) is 0 Å². The SMILES string of the molecule is Cc1ccc(C)c(S(=O)(=O)N/N=C\C(Br)=C\c2ccccc2)c1. The van der Waals surface area contributed by atoms with Crippen molar-refractivity contribution in [3.8, 4) is 0 Å². The molecule has 0 aromatic heterocycles. The third kappa shape index (κ3) is 5.04. The average Bonchev–Trinajstić information content (AvgIpc) is 2.50. The highest BCUT2D eigenvalue weighted by atomic mass is 79.9. The van der Waals surface area contributed by atoms with Crippen LogP contribution in [0.15, 0.2) is 63.0 Å². The maximum absolute atomic E-state index is 12.3. The predicted molar refractivity (Wildman–Crippen MR) is 98.1 cm³/mol. The van der Waals surface area contributed by atoms with Crippen molar-refractivity contribution in [2.24, 2.45) is 5.10 Å². The Kier molecular flexibility index (Phi) is 5.74. The first kappa shape index (κ1) is 17.4. The molecule has 0 amide bonds. The lowest BCUT2D eigenvalue weighted by molar-refractivity contribution is 0.584. The van der Waals surface area contributed by atoms with E-state index in [4.69, 9.17) is 0 Å². The molecule has 0 atom stereocenters. The van der Waals surface area contributed by atoms with E-state index in [2.05, 4.69) is 25.9 Å². The Morgan fingerprint density at radius 3 is 2.52 bits per heavy atom. The minimum Gasteiger partial charge on any atom is -0.200 e. The second-order valence-corrected chi connectivity index (χ2v) is 7.61. The molecule has 0 spiro atoms. The first-order valence-corrected chi connectivity index (χ1v) is 9.20. The second kappa shape index (κ2) is 7.57. The number of sulfonamides is 1. The fourth-order valence-electron chi connectivity index (χ4n) is 1.95. The number of hydrogen-bond acceptors (Lipinski definition) is 3. The summed E-state index contributed by atoms with van der Waals surface area (Å²) in [6.45, 7) is 3.60. The first-order chi connectivity index (χ1) is 10.9. The summed E-state index contributed by atoms with van der Waals surface area (Å²) in [4.78, 5) is 2.46. The van der Waals surface area contributed by atoms with E-state index in [9.17, 15) is 8.42 Å². The van der Waals surface area contributed by atoms with Crippen LogP contribution >= 0.6 is 15.9 Å². The van der Waals surface area contributed by atoms with Gasteiger partial charge in [0.25, 0.3) is 10.0 Å². The van der Waals surface area contributed by atoms with Crippen LogP contribution in [0.4, 0.5) is 0 Å². The van der Waals surface area contributed by atoms with Crippen LogP contribution in [0.5, 0.6) is 0 Å². The number of benzene rings is 2.